The zero-order chi connectivity index (χ0) is 13.7. The van der Waals surface area contributed by atoms with Crippen LogP contribution < -0.4 is 0 Å². The van der Waals surface area contributed by atoms with Crippen molar-refractivity contribution in [3.8, 4) is 6.07 Å². The summed E-state index contributed by atoms with van der Waals surface area (Å²) in [5, 5.41) is 10.1. The number of aromatic nitrogens is 3. The van der Waals surface area contributed by atoms with Gasteiger partial charge in [-0.1, -0.05) is 0 Å². The van der Waals surface area contributed by atoms with E-state index in [0.29, 0.717) is 22.4 Å². The number of rotatable bonds is 0. The lowest BCUT2D eigenvalue weighted by Crippen LogP contribution is -1.93. The van der Waals surface area contributed by atoms with Gasteiger partial charge in [0, 0.05) is 11.6 Å². The van der Waals surface area contributed by atoms with Gasteiger partial charge in [0.05, 0.1) is 16.6 Å². The number of fused-ring (bicyclic) bond motifs is 5. The maximum Gasteiger partial charge on any atom is 0.178 e. The van der Waals surface area contributed by atoms with E-state index in [2.05, 4.69) is 16.0 Å². The third-order valence-electron chi connectivity index (χ3n) is 3.33. The molecule has 5 heteroatoms. The molecule has 3 aromatic heterocycles. The summed E-state index contributed by atoms with van der Waals surface area (Å²) in [4.78, 5) is 8.56. The van der Waals surface area contributed by atoms with E-state index in [1.807, 2.05) is 6.07 Å². The standard InChI is InChI=1S/C15H7FN4/c16-11-4-3-9-6-10(8-17)15-19-14-12(2-1-5-18-14)20(15)13(9)7-11/h1-7H. The molecule has 0 aliphatic rings. The number of nitrogens with zero attached hydrogens (tertiary/aromatic N) is 4. The first-order valence-electron chi connectivity index (χ1n) is 6.03. The van der Waals surface area contributed by atoms with Gasteiger partial charge in [0.25, 0.3) is 0 Å². The fourth-order valence-electron chi connectivity index (χ4n) is 2.47. The zero-order valence-corrected chi connectivity index (χ0v) is 10.2. The minimum Gasteiger partial charge on any atom is -0.289 e. The highest BCUT2D eigenvalue weighted by atomic mass is 19.1. The summed E-state index contributed by atoms with van der Waals surface area (Å²) < 4.78 is 15.3. The Kier molecular flexibility index (Phi) is 2.04. The van der Waals surface area contributed by atoms with Gasteiger partial charge in [-0.25, -0.2) is 14.4 Å². The smallest absolute Gasteiger partial charge is 0.178 e. The Morgan fingerprint density at radius 3 is 2.90 bits per heavy atom. The Balaban J connectivity index is 2.39. The number of imidazole rings is 1. The summed E-state index contributed by atoms with van der Waals surface area (Å²) in [6, 6.07) is 12.0. The van der Waals surface area contributed by atoms with Gasteiger partial charge < -0.3 is 0 Å². The van der Waals surface area contributed by atoms with E-state index in [9.17, 15) is 9.65 Å². The molecule has 94 valence electrons. The van der Waals surface area contributed by atoms with E-state index < -0.39 is 0 Å². The van der Waals surface area contributed by atoms with Crippen molar-refractivity contribution in [2.24, 2.45) is 0 Å². The molecular formula is C15H7FN4. The molecule has 0 saturated heterocycles. The average molecular weight is 262 g/mol. The van der Waals surface area contributed by atoms with E-state index in [1.54, 1.807) is 28.8 Å². The number of hydrogen-bond donors (Lipinski definition) is 0. The van der Waals surface area contributed by atoms with Crippen molar-refractivity contribution in [3.05, 3.63) is 54.0 Å². The molecule has 1 aromatic carbocycles. The molecule has 20 heavy (non-hydrogen) atoms. The van der Waals surface area contributed by atoms with Crippen LogP contribution >= 0.6 is 0 Å². The van der Waals surface area contributed by atoms with Crippen molar-refractivity contribution in [1.29, 1.82) is 5.26 Å². The summed E-state index contributed by atoms with van der Waals surface area (Å²) in [5.74, 6) is -0.325. The minimum absolute atomic E-state index is 0.325. The van der Waals surface area contributed by atoms with Crippen molar-refractivity contribution >= 4 is 27.7 Å². The third kappa shape index (κ3) is 1.33. The van der Waals surface area contributed by atoms with Crippen molar-refractivity contribution in [3.63, 3.8) is 0 Å². The molecule has 0 atom stereocenters. The summed E-state index contributed by atoms with van der Waals surface area (Å²) in [6.45, 7) is 0. The number of benzene rings is 1. The Hall–Kier alpha value is -3.00. The second-order valence-corrected chi connectivity index (χ2v) is 4.49. The lowest BCUT2D eigenvalue weighted by Gasteiger charge is -2.04. The highest BCUT2D eigenvalue weighted by Crippen LogP contribution is 2.25. The van der Waals surface area contributed by atoms with Gasteiger partial charge in [-0.2, -0.15) is 5.26 Å². The lowest BCUT2D eigenvalue weighted by atomic mass is 10.1. The molecule has 0 N–H and O–H groups in total. The number of pyridine rings is 2. The summed E-state index contributed by atoms with van der Waals surface area (Å²) in [5.41, 5.74) is 2.92. The highest BCUT2D eigenvalue weighted by Gasteiger charge is 2.13. The fraction of sp³-hybridized carbons (Fsp3) is 0. The SMILES string of the molecule is N#Cc1cc2ccc(F)cc2n2c1nc1ncccc12. The van der Waals surface area contributed by atoms with Crippen LogP contribution in [0, 0.1) is 17.1 Å². The monoisotopic (exact) mass is 262 g/mol. The van der Waals surface area contributed by atoms with Crippen LogP contribution in [0.2, 0.25) is 0 Å². The van der Waals surface area contributed by atoms with Gasteiger partial charge in [-0.15, -0.1) is 0 Å². The van der Waals surface area contributed by atoms with Crippen molar-refractivity contribution in [2.45, 2.75) is 0 Å². The molecule has 4 nitrogen and oxygen atoms in total. The van der Waals surface area contributed by atoms with Crippen LogP contribution in [0.15, 0.2) is 42.6 Å². The van der Waals surface area contributed by atoms with Crippen LogP contribution in [-0.2, 0) is 0 Å². The molecular weight excluding hydrogens is 255 g/mol. The third-order valence-corrected chi connectivity index (χ3v) is 3.33. The maximum atomic E-state index is 13.5. The quantitative estimate of drug-likeness (QED) is 0.489. The molecule has 0 saturated carbocycles. The first-order chi connectivity index (χ1) is 9.78. The Bertz CT molecular complexity index is 1030. The normalized spacial score (nSPS) is 11.2. The van der Waals surface area contributed by atoms with E-state index in [-0.39, 0.29) is 5.82 Å². The minimum atomic E-state index is -0.325. The van der Waals surface area contributed by atoms with Crippen LogP contribution in [-0.4, -0.2) is 14.4 Å². The van der Waals surface area contributed by atoms with Gasteiger partial charge in [0.15, 0.2) is 11.3 Å². The summed E-state index contributed by atoms with van der Waals surface area (Å²) >= 11 is 0. The van der Waals surface area contributed by atoms with Crippen LogP contribution in [0.25, 0.3) is 27.7 Å². The van der Waals surface area contributed by atoms with Crippen molar-refractivity contribution in [1.82, 2.24) is 14.4 Å². The van der Waals surface area contributed by atoms with Crippen LogP contribution in [0.5, 0.6) is 0 Å². The van der Waals surface area contributed by atoms with E-state index in [4.69, 9.17) is 0 Å². The predicted molar refractivity (Wildman–Crippen MR) is 72.7 cm³/mol. The number of nitriles is 1. The van der Waals surface area contributed by atoms with Crippen molar-refractivity contribution < 1.29 is 4.39 Å². The maximum absolute atomic E-state index is 13.5. The average Bonchev–Trinajstić information content (AvgIpc) is 2.86. The van der Waals surface area contributed by atoms with Crippen LogP contribution in [0.1, 0.15) is 5.56 Å². The van der Waals surface area contributed by atoms with Crippen molar-refractivity contribution in [2.75, 3.05) is 0 Å². The second-order valence-electron chi connectivity index (χ2n) is 4.49. The molecule has 3 heterocycles. The Morgan fingerprint density at radius 1 is 1.15 bits per heavy atom. The van der Waals surface area contributed by atoms with Crippen LogP contribution in [0.4, 0.5) is 4.39 Å². The number of halogens is 1. The zero-order valence-electron chi connectivity index (χ0n) is 10.2. The van der Waals surface area contributed by atoms with Crippen LogP contribution in [0.3, 0.4) is 0 Å². The molecule has 0 aliphatic carbocycles. The topological polar surface area (TPSA) is 54.0 Å². The highest BCUT2D eigenvalue weighted by molar-refractivity contribution is 5.91. The molecule has 0 unspecified atom stereocenters. The van der Waals surface area contributed by atoms with Gasteiger partial charge in [-0.05, 0) is 36.4 Å². The summed E-state index contributed by atoms with van der Waals surface area (Å²) in [7, 11) is 0. The molecule has 0 aliphatic heterocycles. The number of hydrogen-bond acceptors (Lipinski definition) is 3. The first kappa shape index (κ1) is 10.9. The van der Waals surface area contributed by atoms with E-state index >= 15 is 0 Å². The predicted octanol–water partition coefficient (Wildman–Crippen LogP) is 3.05. The molecule has 0 radical (unpaired) electrons. The summed E-state index contributed by atoms with van der Waals surface area (Å²) in [6.07, 6.45) is 1.64. The lowest BCUT2D eigenvalue weighted by molar-refractivity contribution is 0.629. The van der Waals surface area contributed by atoms with E-state index in [0.717, 1.165) is 10.9 Å². The van der Waals surface area contributed by atoms with Gasteiger partial charge in [0.2, 0.25) is 0 Å². The molecule has 0 fully saturated rings. The largest absolute Gasteiger partial charge is 0.289 e. The molecule has 4 aromatic rings. The van der Waals surface area contributed by atoms with E-state index in [1.165, 1.54) is 12.1 Å². The Labute approximate surface area is 112 Å². The molecule has 0 amide bonds. The molecule has 0 bridgehead atoms. The molecule has 4 rings (SSSR count). The fourth-order valence-corrected chi connectivity index (χ4v) is 2.47. The first-order valence-corrected chi connectivity index (χ1v) is 6.03. The van der Waals surface area contributed by atoms with Gasteiger partial charge >= 0.3 is 0 Å². The second kappa shape index (κ2) is 3.75. The Morgan fingerprint density at radius 2 is 2.05 bits per heavy atom. The molecule has 0 spiro atoms. The van der Waals surface area contributed by atoms with Gasteiger partial charge in [-0.3, -0.25) is 4.40 Å². The van der Waals surface area contributed by atoms with Gasteiger partial charge in [0.1, 0.15) is 11.9 Å².